The highest BCUT2D eigenvalue weighted by Crippen LogP contribution is 2.10. The van der Waals surface area contributed by atoms with E-state index in [4.69, 9.17) is 5.11 Å². The monoisotopic (exact) mass is 102 g/mol. The maximum atomic E-state index is 8.53. The van der Waals surface area contributed by atoms with Crippen LogP contribution in [0.4, 0.5) is 0 Å². The van der Waals surface area contributed by atoms with Crippen LogP contribution in [0.1, 0.15) is 6.92 Å². The Labute approximate surface area is 41.2 Å². The van der Waals surface area contributed by atoms with Crippen molar-refractivity contribution in [2.75, 3.05) is 6.79 Å². The molecule has 0 aromatic carbocycles. The average Bonchev–Trinajstić information content (AvgIpc) is 1.91. The molecular formula is C4H6O3. The first-order chi connectivity index (χ1) is 3.30. The molecule has 0 radical (unpaired) electrons. The van der Waals surface area contributed by atoms with Gasteiger partial charge in [-0.1, -0.05) is 0 Å². The van der Waals surface area contributed by atoms with E-state index in [1.54, 1.807) is 6.92 Å². The summed E-state index contributed by atoms with van der Waals surface area (Å²) in [5.74, 6) is 0.361. The van der Waals surface area contributed by atoms with Crippen molar-refractivity contribution in [3.8, 4) is 0 Å². The lowest BCUT2D eigenvalue weighted by molar-refractivity contribution is 0.0345. The molecule has 3 nitrogen and oxygen atoms in total. The van der Waals surface area contributed by atoms with Crippen LogP contribution in [0.25, 0.3) is 0 Å². The maximum Gasteiger partial charge on any atom is 0.319 e. The van der Waals surface area contributed by atoms with Gasteiger partial charge in [0.1, 0.15) is 0 Å². The van der Waals surface area contributed by atoms with Crippen LogP contribution in [0.3, 0.4) is 0 Å². The topological polar surface area (TPSA) is 38.7 Å². The summed E-state index contributed by atoms with van der Waals surface area (Å²) >= 11 is 0. The first-order valence-corrected chi connectivity index (χ1v) is 1.96. The second-order valence-corrected chi connectivity index (χ2v) is 1.27. The van der Waals surface area contributed by atoms with Crippen LogP contribution >= 0.6 is 0 Å². The summed E-state index contributed by atoms with van der Waals surface area (Å²) in [5, 5.41) is 8.53. The molecule has 0 aliphatic carbocycles. The average molecular weight is 102 g/mol. The molecule has 7 heavy (non-hydrogen) atoms. The Morgan fingerprint density at radius 1 is 1.57 bits per heavy atom. The van der Waals surface area contributed by atoms with Gasteiger partial charge >= 0.3 is 5.95 Å². The predicted octanol–water partition coefficient (Wildman–Crippen LogP) is 0.738. The van der Waals surface area contributed by atoms with Crippen LogP contribution in [0.5, 0.6) is 0 Å². The zero-order chi connectivity index (χ0) is 5.28. The molecule has 1 aliphatic rings. The van der Waals surface area contributed by atoms with Gasteiger partial charge in [-0.2, -0.15) is 0 Å². The first kappa shape index (κ1) is 4.30. The highest BCUT2D eigenvalue weighted by molar-refractivity contribution is 4.90. The molecule has 0 amide bonds. The molecule has 40 valence electrons. The zero-order valence-electron chi connectivity index (χ0n) is 3.97. The molecule has 1 N–H and O–H groups in total. The third kappa shape index (κ3) is 0.607. The minimum atomic E-state index is -0.0972. The fourth-order valence-corrected chi connectivity index (χ4v) is 0.337. The number of rotatable bonds is 0. The van der Waals surface area contributed by atoms with Crippen molar-refractivity contribution in [1.82, 2.24) is 0 Å². The molecule has 0 saturated carbocycles. The molecule has 3 heteroatoms. The molecule has 0 unspecified atom stereocenters. The number of aliphatic hydroxyl groups is 1. The fourth-order valence-electron chi connectivity index (χ4n) is 0.337. The summed E-state index contributed by atoms with van der Waals surface area (Å²) in [7, 11) is 0. The summed E-state index contributed by atoms with van der Waals surface area (Å²) in [6, 6.07) is 0. The predicted molar refractivity (Wildman–Crippen MR) is 22.4 cm³/mol. The van der Waals surface area contributed by atoms with E-state index in [2.05, 4.69) is 9.47 Å². The van der Waals surface area contributed by atoms with Gasteiger partial charge in [0, 0.05) is 6.92 Å². The van der Waals surface area contributed by atoms with Crippen LogP contribution in [-0.2, 0) is 9.47 Å². The Kier molecular flexibility index (Phi) is 0.817. The van der Waals surface area contributed by atoms with Gasteiger partial charge in [0.25, 0.3) is 0 Å². The zero-order valence-corrected chi connectivity index (χ0v) is 3.97. The molecule has 0 fully saturated rings. The molecule has 0 bridgehead atoms. The number of hydrogen-bond acceptors (Lipinski definition) is 3. The van der Waals surface area contributed by atoms with Crippen LogP contribution in [0, 0.1) is 0 Å². The lowest BCUT2D eigenvalue weighted by Gasteiger charge is -1.86. The van der Waals surface area contributed by atoms with Crippen LogP contribution < -0.4 is 0 Å². The van der Waals surface area contributed by atoms with E-state index in [-0.39, 0.29) is 12.7 Å². The SMILES string of the molecule is CC1=C(O)OCO1. The Morgan fingerprint density at radius 2 is 2.29 bits per heavy atom. The Morgan fingerprint density at radius 3 is 2.43 bits per heavy atom. The molecule has 0 saturated heterocycles. The lowest BCUT2D eigenvalue weighted by atomic mass is 10.6. The van der Waals surface area contributed by atoms with E-state index >= 15 is 0 Å². The normalized spacial score (nSPS) is 19.0. The van der Waals surface area contributed by atoms with Gasteiger partial charge < -0.3 is 14.6 Å². The molecule has 1 aliphatic heterocycles. The van der Waals surface area contributed by atoms with E-state index in [0.717, 1.165) is 0 Å². The van der Waals surface area contributed by atoms with E-state index in [1.807, 2.05) is 0 Å². The van der Waals surface area contributed by atoms with Gasteiger partial charge in [-0.15, -0.1) is 0 Å². The van der Waals surface area contributed by atoms with E-state index < -0.39 is 0 Å². The van der Waals surface area contributed by atoms with Crippen LogP contribution in [-0.4, -0.2) is 11.9 Å². The summed E-state index contributed by atoms with van der Waals surface area (Å²) in [6.07, 6.45) is 0. The Balaban J connectivity index is 2.64. The molecule has 1 rings (SSSR count). The van der Waals surface area contributed by atoms with Crippen molar-refractivity contribution in [1.29, 1.82) is 0 Å². The summed E-state index contributed by atoms with van der Waals surface area (Å²) < 4.78 is 9.15. The van der Waals surface area contributed by atoms with Crippen molar-refractivity contribution in [2.24, 2.45) is 0 Å². The van der Waals surface area contributed by atoms with Gasteiger partial charge in [-0.05, 0) is 0 Å². The van der Waals surface area contributed by atoms with E-state index in [9.17, 15) is 0 Å². The summed E-state index contributed by atoms with van der Waals surface area (Å²) in [5.41, 5.74) is 0. The van der Waals surface area contributed by atoms with E-state index in [1.165, 1.54) is 0 Å². The van der Waals surface area contributed by atoms with Gasteiger partial charge in [0.2, 0.25) is 6.79 Å². The number of allylic oxidation sites excluding steroid dienone is 1. The van der Waals surface area contributed by atoms with Gasteiger partial charge in [-0.25, -0.2) is 0 Å². The third-order valence-electron chi connectivity index (χ3n) is 0.772. The quantitative estimate of drug-likeness (QED) is 0.490. The molecule has 0 spiro atoms. The van der Waals surface area contributed by atoms with Gasteiger partial charge in [0.05, 0.1) is 0 Å². The van der Waals surface area contributed by atoms with E-state index in [0.29, 0.717) is 5.76 Å². The summed E-state index contributed by atoms with van der Waals surface area (Å²) in [6.45, 7) is 1.79. The smallest absolute Gasteiger partial charge is 0.319 e. The fraction of sp³-hybridized carbons (Fsp3) is 0.500. The Bertz CT molecular complexity index is 93.5. The molecular weight excluding hydrogens is 96.0 g/mol. The highest BCUT2D eigenvalue weighted by Gasteiger charge is 2.09. The van der Waals surface area contributed by atoms with Gasteiger partial charge in [0.15, 0.2) is 5.76 Å². The van der Waals surface area contributed by atoms with Crippen molar-refractivity contribution >= 4 is 0 Å². The number of aliphatic hydroxyl groups excluding tert-OH is 1. The van der Waals surface area contributed by atoms with Crippen molar-refractivity contribution in [3.05, 3.63) is 11.7 Å². The standard InChI is InChI=1S/C4H6O3/c1-3-4(5)7-2-6-3/h5H,2H2,1H3. The largest absolute Gasteiger partial charge is 0.478 e. The molecule has 0 atom stereocenters. The second kappa shape index (κ2) is 1.33. The van der Waals surface area contributed by atoms with Gasteiger partial charge in [-0.3, -0.25) is 0 Å². The lowest BCUT2D eigenvalue weighted by Crippen LogP contribution is -1.81. The van der Waals surface area contributed by atoms with Crippen molar-refractivity contribution in [2.45, 2.75) is 6.92 Å². The molecule has 1 heterocycles. The molecule has 0 aromatic rings. The second-order valence-electron chi connectivity index (χ2n) is 1.27. The summed E-state index contributed by atoms with van der Waals surface area (Å²) in [4.78, 5) is 0. The third-order valence-corrected chi connectivity index (χ3v) is 0.772. The van der Waals surface area contributed by atoms with Crippen molar-refractivity contribution < 1.29 is 14.6 Å². The van der Waals surface area contributed by atoms with Crippen LogP contribution in [0.15, 0.2) is 11.7 Å². The maximum absolute atomic E-state index is 8.53. The number of ether oxygens (including phenoxy) is 2. The highest BCUT2D eigenvalue weighted by atomic mass is 16.7. The van der Waals surface area contributed by atoms with Crippen LogP contribution in [0.2, 0.25) is 0 Å². The molecule has 0 aromatic heterocycles. The van der Waals surface area contributed by atoms with Crippen molar-refractivity contribution in [3.63, 3.8) is 0 Å². The number of hydrogen-bond donors (Lipinski definition) is 1. The first-order valence-electron chi connectivity index (χ1n) is 1.96. The minimum absolute atomic E-state index is 0.0972. The minimum Gasteiger partial charge on any atom is -0.478 e. The Hall–Kier alpha value is -0.860.